The van der Waals surface area contributed by atoms with Crippen LogP contribution >= 0.6 is 0 Å². The molecule has 2 fully saturated rings. The molecule has 1 saturated carbocycles. The molecular formula is C39H35F2N3O5. The number of carbonyl (C=O) groups is 2. The van der Waals surface area contributed by atoms with Crippen LogP contribution in [0.1, 0.15) is 88.9 Å². The van der Waals surface area contributed by atoms with Gasteiger partial charge in [-0.1, -0.05) is 43.5 Å². The minimum absolute atomic E-state index is 0.0362. The number of hydrogen-bond donors (Lipinski definition) is 2. The predicted molar refractivity (Wildman–Crippen MR) is 179 cm³/mol. The van der Waals surface area contributed by atoms with Crippen LogP contribution in [0.5, 0.6) is 5.75 Å². The van der Waals surface area contributed by atoms with Crippen molar-refractivity contribution in [2.24, 2.45) is 0 Å². The number of aliphatic hydroxyl groups is 1. The minimum Gasteiger partial charge on any atom is -0.489 e. The summed E-state index contributed by atoms with van der Waals surface area (Å²) in [4.78, 5) is 31.6. The zero-order valence-electron chi connectivity index (χ0n) is 26.7. The molecule has 0 radical (unpaired) electrons. The first kappa shape index (κ1) is 31.2. The maximum atomic E-state index is 15.9. The summed E-state index contributed by atoms with van der Waals surface area (Å²) in [5.74, 6) is -1.46. The smallest absolute Gasteiger partial charge is 0.335 e. The summed E-state index contributed by atoms with van der Waals surface area (Å²) in [6.45, 7) is 0.490. The lowest BCUT2D eigenvalue weighted by Crippen LogP contribution is -2.37. The van der Waals surface area contributed by atoms with Crippen molar-refractivity contribution >= 4 is 22.9 Å². The van der Waals surface area contributed by atoms with Gasteiger partial charge in [0.15, 0.2) is 0 Å². The summed E-state index contributed by atoms with van der Waals surface area (Å²) >= 11 is 0. The predicted octanol–water partition coefficient (Wildman–Crippen LogP) is 8.08. The SMILES string of the molecule is O=C(O)c1ccc2c(c1)nc(-c1ccc(OCc3ccc(F)c(-c4cccc5c4C(=O)N4CCC(O)CC54)c3)cc1F)n2C1CCCCC1. The standard InChI is InChI=1S/C39H35F2N3O5/c40-31-13-9-22(17-30(31)27-7-4-8-29-35-19-25(45)15-16-43(35)38(46)36(27)29)21-49-26-11-12-28(32(41)20-26)37-42-33-18-23(39(47)48)10-14-34(33)44(37)24-5-2-1-3-6-24/h4,7-14,17-18,20,24-25,35,45H,1-3,5-6,15-16,19,21H2,(H,47,48). The lowest BCUT2D eigenvalue weighted by Gasteiger charge is -2.32. The number of nitrogens with zero attached hydrogens (tertiary/aromatic N) is 3. The highest BCUT2D eigenvalue weighted by molar-refractivity contribution is 6.05. The van der Waals surface area contributed by atoms with Gasteiger partial charge in [-0.25, -0.2) is 18.6 Å². The molecule has 0 spiro atoms. The molecule has 5 aromatic rings. The van der Waals surface area contributed by atoms with Crippen LogP contribution in [-0.4, -0.2) is 49.2 Å². The lowest BCUT2D eigenvalue weighted by molar-refractivity contribution is 0.0390. The van der Waals surface area contributed by atoms with Gasteiger partial charge in [0.1, 0.15) is 29.8 Å². The van der Waals surface area contributed by atoms with Gasteiger partial charge < -0.3 is 24.4 Å². The first-order chi connectivity index (χ1) is 23.8. The van der Waals surface area contributed by atoms with Gasteiger partial charge in [-0.2, -0.15) is 0 Å². The van der Waals surface area contributed by atoms with Crippen LogP contribution in [0.25, 0.3) is 33.5 Å². The molecule has 1 aromatic heterocycles. The van der Waals surface area contributed by atoms with Crippen molar-refractivity contribution in [3.8, 4) is 28.3 Å². The van der Waals surface area contributed by atoms with Gasteiger partial charge in [-0.15, -0.1) is 0 Å². The third-order valence-corrected chi connectivity index (χ3v) is 10.3. The summed E-state index contributed by atoms with van der Waals surface area (Å²) in [6.07, 6.45) is 5.62. The highest BCUT2D eigenvalue weighted by Crippen LogP contribution is 2.44. The molecule has 2 aliphatic heterocycles. The average Bonchev–Trinajstić information content (AvgIpc) is 3.62. The Kier molecular flexibility index (Phi) is 7.90. The van der Waals surface area contributed by atoms with Crippen LogP contribution in [-0.2, 0) is 6.61 Å². The average molecular weight is 664 g/mol. The molecule has 1 amide bonds. The number of carboxylic acid groups (broad SMARTS) is 1. The van der Waals surface area contributed by atoms with Gasteiger partial charge >= 0.3 is 5.97 Å². The number of ether oxygens (including phenoxy) is 1. The first-order valence-electron chi connectivity index (χ1n) is 16.9. The normalized spacial score (nSPS) is 19.2. The number of halogens is 2. The lowest BCUT2D eigenvalue weighted by atomic mass is 9.91. The van der Waals surface area contributed by atoms with Crippen LogP contribution in [0.3, 0.4) is 0 Å². The third-order valence-electron chi connectivity index (χ3n) is 10.3. The van der Waals surface area contributed by atoms with E-state index in [2.05, 4.69) is 4.57 Å². The first-order valence-corrected chi connectivity index (χ1v) is 16.9. The Bertz CT molecular complexity index is 2120. The zero-order chi connectivity index (χ0) is 33.8. The van der Waals surface area contributed by atoms with Crippen molar-refractivity contribution < 1.29 is 33.3 Å². The largest absolute Gasteiger partial charge is 0.489 e. The van der Waals surface area contributed by atoms with E-state index < -0.39 is 23.7 Å². The number of benzene rings is 4. The number of rotatable bonds is 7. The van der Waals surface area contributed by atoms with E-state index in [1.165, 1.54) is 18.2 Å². The van der Waals surface area contributed by atoms with Gasteiger partial charge in [0.05, 0.1) is 39.9 Å². The van der Waals surface area contributed by atoms with Gasteiger partial charge in [-0.3, -0.25) is 4.79 Å². The molecule has 2 N–H and O–H groups in total. The molecule has 8 rings (SSSR count). The van der Waals surface area contributed by atoms with Gasteiger partial charge in [-0.05, 0) is 84.8 Å². The van der Waals surface area contributed by atoms with E-state index in [1.54, 1.807) is 47.4 Å². The fraction of sp³-hybridized carbons (Fsp3) is 0.308. The number of aliphatic hydroxyl groups excluding tert-OH is 1. The Balaban J connectivity index is 1.07. The van der Waals surface area contributed by atoms with Crippen LogP contribution in [0.2, 0.25) is 0 Å². The fourth-order valence-electron chi connectivity index (χ4n) is 7.87. The van der Waals surface area contributed by atoms with Crippen LogP contribution in [0.15, 0.2) is 72.8 Å². The van der Waals surface area contributed by atoms with Crippen LogP contribution in [0, 0.1) is 11.6 Å². The second-order valence-corrected chi connectivity index (χ2v) is 13.3. The van der Waals surface area contributed by atoms with E-state index in [-0.39, 0.29) is 41.5 Å². The molecule has 2 unspecified atom stereocenters. The summed E-state index contributed by atoms with van der Waals surface area (Å²) in [6, 6.07) is 19.4. The second kappa shape index (κ2) is 12.4. The van der Waals surface area contributed by atoms with Gasteiger partial charge in [0, 0.05) is 24.2 Å². The third kappa shape index (κ3) is 5.53. The molecule has 8 nitrogen and oxygen atoms in total. The van der Waals surface area contributed by atoms with Crippen LogP contribution in [0.4, 0.5) is 8.78 Å². The van der Waals surface area contributed by atoms with Crippen molar-refractivity contribution in [2.45, 2.75) is 69.7 Å². The van der Waals surface area contributed by atoms with E-state index in [4.69, 9.17) is 9.72 Å². The zero-order valence-corrected chi connectivity index (χ0v) is 26.7. The number of aromatic nitrogens is 2. The van der Waals surface area contributed by atoms with Crippen molar-refractivity contribution in [3.63, 3.8) is 0 Å². The maximum Gasteiger partial charge on any atom is 0.335 e. The van der Waals surface area contributed by atoms with Crippen molar-refractivity contribution in [1.29, 1.82) is 0 Å². The molecule has 3 heterocycles. The number of aromatic carboxylic acids is 1. The topological polar surface area (TPSA) is 105 Å². The molecular weight excluding hydrogens is 628 g/mol. The Morgan fingerprint density at radius 1 is 0.898 bits per heavy atom. The molecule has 0 bridgehead atoms. The quantitative estimate of drug-likeness (QED) is 0.183. The molecule has 250 valence electrons. The second-order valence-electron chi connectivity index (χ2n) is 13.3. The number of fused-ring (bicyclic) bond motifs is 4. The summed E-state index contributed by atoms with van der Waals surface area (Å²) in [7, 11) is 0. The van der Waals surface area contributed by atoms with Crippen molar-refractivity contribution in [3.05, 3.63) is 107 Å². The summed E-state index contributed by atoms with van der Waals surface area (Å²) in [5.41, 5.74) is 4.39. The van der Waals surface area contributed by atoms with E-state index in [0.29, 0.717) is 53.0 Å². The molecule has 2 atom stereocenters. The monoisotopic (exact) mass is 663 g/mol. The maximum absolute atomic E-state index is 15.9. The Labute approximate surface area is 281 Å². The highest BCUT2D eigenvalue weighted by atomic mass is 19.1. The van der Waals surface area contributed by atoms with E-state index >= 15 is 8.78 Å². The van der Waals surface area contributed by atoms with E-state index in [0.717, 1.165) is 43.2 Å². The Morgan fingerprint density at radius 2 is 1.73 bits per heavy atom. The Hall–Kier alpha value is -5.09. The molecule has 49 heavy (non-hydrogen) atoms. The highest BCUT2D eigenvalue weighted by Gasteiger charge is 2.42. The molecule has 4 aromatic carbocycles. The van der Waals surface area contributed by atoms with Gasteiger partial charge in [0.2, 0.25) is 0 Å². The number of hydrogen-bond acceptors (Lipinski definition) is 5. The number of carboxylic acids is 1. The van der Waals surface area contributed by atoms with Crippen LogP contribution < -0.4 is 4.74 Å². The fourth-order valence-corrected chi connectivity index (χ4v) is 7.87. The van der Waals surface area contributed by atoms with Gasteiger partial charge in [0.25, 0.3) is 5.91 Å². The molecule has 1 saturated heterocycles. The van der Waals surface area contributed by atoms with E-state index in [1.807, 2.05) is 12.1 Å². The number of imidazole rings is 1. The van der Waals surface area contributed by atoms with Crippen molar-refractivity contribution in [1.82, 2.24) is 14.5 Å². The number of amides is 1. The molecule has 10 heteroatoms. The summed E-state index contributed by atoms with van der Waals surface area (Å²) in [5, 5.41) is 19.8. The summed E-state index contributed by atoms with van der Waals surface area (Å²) < 4.78 is 39.2. The van der Waals surface area contributed by atoms with E-state index in [9.17, 15) is 19.8 Å². The molecule has 1 aliphatic carbocycles. The van der Waals surface area contributed by atoms with Crippen molar-refractivity contribution in [2.75, 3.05) is 6.54 Å². The minimum atomic E-state index is -1.05. The Morgan fingerprint density at radius 3 is 2.53 bits per heavy atom. The number of piperidine rings is 1. The molecule has 3 aliphatic rings. The number of carbonyl (C=O) groups excluding carboxylic acids is 1.